The van der Waals surface area contributed by atoms with Crippen LogP contribution in [-0.2, 0) is 4.79 Å². The first-order valence-electron chi connectivity index (χ1n) is 3.38. The summed E-state index contributed by atoms with van der Waals surface area (Å²) in [7, 11) is 0. The zero-order valence-electron chi connectivity index (χ0n) is 6.98. The van der Waals surface area contributed by atoms with E-state index in [1.807, 2.05) is 13.8 Å². The second kappa shape index (κ2) is 3.86. The highest BCUT2D eigenvalue weighted by Crippen LogP contribution is 2.27. The van der Waals surface area contributed by atoms with Crippen molar-refractivity contribution in [1.82, 2.24) is 0 Å². The van der Waals surface area contributed by atoms with Crippen LogP contribution in [0.25, 0.3) is 0 Å². The topological polar surface area (TPSA) is 17.1 Å². The van der Waals surface area contributed by atoms with Crippen LogP contribution in [0.4, 0.5) is 0 Å². The van der Waals surface area contributed by atoms with Crippen LogP contribution >= 0.6 is 15.9 Å². The van der Waals surface area contributed by atoms with Crippen molar-refractivity contribution in [3.8, 4) is 0 Å². The van der Waals surface area contributed by atoms with Crippen molar-refractivity contribution in [2.24, 2.45) is 5.41 Å². The summed E-state index contributed by atoms with van der Waals surface area (Å²) in [6.07, 6.45) is 1.63. The van der Waals surface area contributed by atoms with E-state index in [1.165, 1.54) is 0 Å². The molecule has 0 rings (SSSR count). The highest BCUT2D eigenvalue weighted by molar-refractivity contribution is 9.09. The third kappa shape index (κ3) is 2.29. The number of halogens is 1. The quantitative estimate of drug-likeness (QED) is 0.522. The second-order valence-electron chi connectivity index (χ2n) is 2.91. The highest BCUT2D eigenvalue weighted by Gasteiger charge is 2.27. The second-order valence-corrected chi connectivity index (χ2v) is 3.47. The Morgan fingerprint density at radius 3 is 2.36 bits per heavy atom. The molecule has 0 fully saturated rings. The van der Waals surface area contributed by atoms with Gasteiger partial charge in [-0.15, -0.1) is 0 Å². The molecule has 0 aliphatic rings. The maximum absolute atomic E-state index is 11.3. The minimum Gasteiger partial charge on any atom is -0.298 e. The molecule has 0 atom stereocenters. The fraction of sp³-hybridized carbons (Fsp3) is 0.444. The molecule has 0 bridgehead atoms. The van der Waals surface area contributed by atoms with Gasteiger partial charge in [0.1, 0.15) is 0 Å². The standard InChI is InChI=1S/C9H13BrO/c1-5-7(2)9(3,4)8(11)6-10/h5H,1-2,6H2,3-4H3. The first kappa shape index (κ1) is 10.6. The minimum absolute atomic E-state index is 0.127. The molecule has 0 aromatic rings. The molecule has 0 saturated heterocycles. The molecular formula is C9H13BrO. The van der Waals surface area contributed by atoms with Gasteiger partial charge in [0.25, 0.3) is 0 Å². The van der Waals surface area contributed by atoms with Crippen LogP contribution in [0.5, 0.6) is 0 Å². The van der Waals surface area contributed by atoms with Crippen molar-refractivity contribution in [1.29, 1.82) is 0 Å². The number of rotatable bonds is 4. The molecule has 2 heteroatoms. The van der Waals surface area contributed by atoms with Gasteiger partial charge in [-0.3, -0.25) is 4.79 Å². The van der Waals surface area contributed by atoms with Crippen LogP contribution in [0.15, 0.2) is 24.8 Å². The first-order valence-corrected chi connectivity index (χ1v) is 4.50. The molecule has 0 aromatic carbocycles. The van der Waals surface area contributed by atoms with Crippen molar-refractivity contribution in [2.45, 2.75) is 13.8 Å². The van der Waals surface area contributed by atoms with Crippen LogP contribution in [-0.4, -0.2) is 11.1 Å². The summed E-state index contributed by atoms with van der Waals surface area (Å²) >= 11 is 3.12. The van der Waals surface area contributed by atoms with E-state index in [4.69, 9.17) is 0 Å². The van der Waals surface area contributed by atoms with Gasteiger partial charge in [-0.05, 0) is 19.4 Å². The number of alkyl halides is 1. The molecule has 0 spiro atoms. The molecule has 0 aliphatic heterocycles. The normalized spacial score (nSPS) is 10.8. The summed E-state index contributed by atoms with van der Waals surface area (Å²) < 4.78 is 0. The molecule has 0 aromatic heterocycles. The summed E-state index contributed by atoms with van der Waals surface area (Å²) in [5, 5.41) is 0.368. The van der Waals surface area contributed by atoms with Crippen LogP contribution < -0.4 is 0 Å². The lowest BCUT2D eigenvalue weighted by atomic mass is 9.82. The lowest BCUT2D eigenvalue weighted by molar-refractivity contribution is -0.122. The van der Waals surface area contributed by atoms with Gasteiger partial charge < -0.3 is 0 Å². The van der Waals surface area contributed by atoms with E-state index in [2.05, 4.69) is 29.1 Å². The van der Waals surface area contributed by atoms with Gasteiger partial charge in [0, 0.05) is 5.41 Å². The van der Waals surface area contributed by atoms with E-state index in [9.17, 15) is 4.79 Å². The molecule has 0 aliphatic carbocycles. The predicted molar refractivity (Wildman–Crippen MR) is 51.9 cm³/mol. The maximum atomic E-state index is 11.3. The number of hydrogen-bond donors (Lipinski definition) is 0. The molecule has 0 heterocycles. The Kier molecular flexibility index (Phi) is 3.73. The van der Waals surface area contributed by atoms with Gasteiger partial charge in [-0.1, -0.05) is 35.2 Å². The minimum atomic E-state index is -0.481. The van der Waals surface area contributed by atoms with Crippen LogP contribution in [0.1, 0.15) is 13.8 Å². The lowest BCUT2D eigenvalue weighted by Crippen LogP contribution is -2.26. The molecule has 0 N–H and O–H groups in total. The molecule has 62 valence electrons. The Hall–Kier alpha value is -0.370. The summed E-state index contributed by atoms with van der Waals surface area (Å²) in [5.41, 5.74) is 0.285. The van der Waals surface area contributed by atoms with Crippen molar-refractivity contribution in [3.63, 3.8) is 0 Å². The fourth-order valence-electron chi connectivity index (χ4n) is 0.601. The largest absolute Gasteiger partial charge is 0.298 e. The molecule has 0 radical (unpaired) electrons. The Labute approximate surface area is 76.3 Å². The number of carbonyl (C=O) groups is 1. The molecule has 11 heavy (non-hydrogen) atoms. The molecule has 1 nitrogen and oxygen atoms in total. The van der Waals surface area contributed by atoms with Crippen molar-refractivity contribution < 1.29 is 4.79 Å². The zero-order chi connectivity index (χ0) is 9.07. The average molecular weight is 217 g/mol. The Balaban J connectivity index is 4.57. The molecular weight excluding hydrogens is 204 g/mol. The molecule has 0 saturated carbocycles. The van der Waals surface area contributed by atoms with Gasteiger partial charge in [-0.25, -0.2) is 0 Å². The average Bonchev–Trinajstić information content (AvgIpc) is 2.01. The highest BCUT2D eigenvalue weighted by atomic mass is 79.9. The smallest absolute Gasteiger partial charge is 0.153 e. The van der Waals surface area contributed by atoms with E-state index < -0.39 is 5.41 Å². The van der Waals surface area contributed by atoms with E-state index >= 15 is 0 Å². The summed E-state index contributed by atoms with van der Waals surface area (Å²) in [6, 6.07) is 0. The van der Waals surface area contributed by atoms with Crippen LogP contribution in [0.3, 0.4) is 0 Å². The number of hydrogen-bond acceptors (Lipinski definition) is 1. The van der Waals surface area contributed by atoms with E-state index in [1.54, 1.807) is 6.08 Å². The molecule has 0 unspecified atom stereocenters. The van der Waals surface area contributed by atoms with Crippen LogP contribution in [0.2, 0.25) is 0 Å². The predicted octanol–water partition coefficient (Wildman–Crippen LogP) is 2.72. The fourth-order valence-corrected chi connectivity index (χ4v) is 1.30. The Bertz CT molecular complexity index is 192. The summed E-state index contributed by atoms with van der Waals surface area (Å²) in [6.45, 7) is 11.0. The summed E-state index contributed by atoms with van der Waals surface area (Å²) in [4.78, 5) is 11.3. The third-order valence-electron chi connectivity index (χ3n) is 1.87. The summed E-state index contributed by atoms with van der Waals surface area (Å²) in [5.74, 6) is 0.127. The van der Waals surface area contributed by atoms with E-state index in [-0.39, 0.29) is 5.78 Å². The Morgan fingerprint density at radius 1 is 1.64 bits per heavy atom. The number of allylic oxidation sites excluding steroid dienone is 2. The lowest BCUT2D eigenvalue weighted by Gasteiger charge is -2.22. The number of ketones is 1. The van der Waals surface area contributed by atoms with Gasteiger partial charge in [-0.2, -0.15) is 0 Å². The Morgan fingerprint density at radius 2 is 2.09 bits per heavy atom. The zero-order valence-corrected chi connectivity index (χ0v) is 8.57. The number of Topliss-reactive ketones (excluding diaryl/α,β-unsaturated/α-hetero) is 1. The van der Waals surface area contributed by atoms with Crippen LogP contribution in [0, 0.1) is 5.41 Å². The monoisotopic (exact) mass is 216 g/mol. The van der Waals surface area contributed by atoms with E-state index in [0.717, 1.165) is 5.57 Å². The SMILES string of the molecule is C=CC(=C)C(C)(C)C(=O)CBr. The third-order valence-corrected chi connectivity index (χ3v) is 2.38. The van der Waals surface area contributed by atoms with Crippen molar-refractivity contribution >= 4 is 21.7 Å². The maximum Gasteiger partial charge on any atom is 0.153 e. The van der Waals surface area contributed by atoms with Crippen molar-refractivity contribution in [2.75, 3.05) is 5.33 Å². The first-order chi connectivity index (χ1) is 4.96. The molecule has 0 amide bonds. The van der Waals surface area contributed by atoms with Gasteiger partial charge in [0.2, 0.25) is 0 Å². The number of carbonyl (C=O) groups excluding carboxylic acids is 1. The van der Waals surface area contributed by atoms with E-state index in [0.29, 0.717) is 5.33 Å². The van der Waals surface area contributed by atoms with Gasteiger partial charge in [0.15, 0.2) is 5.78 Å². The van der Waals surface area contributed by atoms with Gasteiger partial charge >= 0.3 is 0 Å². The van der Waals surface area contributed by atoms with Crippen molar-refractivity contribution in [3.05, 3.63) is 24.8 Å². The van der Waals surface area contributed by atoms with Gasteiger partial charge in [0.05, 0.1) is 5.33 Å².